The largest absolute Gasteiger partial charge is 0.300 e. The molecule has 1 aliphatic heterocycles. The molecule has 3 nitrogen and oxygen atoms in total. The van der Waals surface area contributed by atoms with E-state index in [1.165, 1.54) is 51.1 Å². The first-order chi connectivity index (χ1) is 10.4. The van der Waals surface area contributed by atoms with Crippen LogP contribution in [-0.2, 0) is 6.54 Å². The van der Waals surface area contributed by atoms with E-state index in [2.05, 4.69) is 33.0 Å². The Labute approximate surface area is 127 Å². The van der Waals surface area contributed by atoms with Gasteiger partial charge < -0.3 is 4.90 Å². The van der Waals surface area contributed by atoms with Crippen LogP contribution in [-0.4, -0.2) is 47.5 Å². The molecule has 0 radical (unpaired) electrons. The lowest BCUT2D eigenvalue weighted by Gasteiger charge is -2.36. The van der Waals surface area contributed by atoms with Crippen LogP contribution >= 0.6 is 0 Å². The predicted octanol–water partition coefficient (Wildman–Crippen LogP) is 2.41. The minimum absolute atomic E-state index is 0.892. The van der Waals surface area contributed by atoms with Crippen LogP contribution in [0.4, 0.5) is 0 Å². The van der Waals surface area contributed by atoms with Crippen molar-refractivity contribution in [3.63, 3.8) is 0 Å². The number of fused-ring (bicyclic) bond motifs is 2. The second kappa shape index (κ2) is 5.90. The molecule has 2 heterocycles. The van der Waals surface area contributed by atoms with E-state index < -0.39 is 0 Å². The van der Waals surface area contributed by atoms with Crippen molar-refractivity contribution < 1.29 is 0 Å². The lowest BCUT2D eigenvalue weighted by Crippen LogP contribution is -2.47. The van der Waals surface area contributed by atoms with Gasteiger partial charge in [0.05, 0.1) is 0 Å². The SMILES string of the molecule is C1=C[C@H]2C[C@@H]1C[C@@H]2CN1CCN(Cc2cccnc2)CC1. The van der Waals surface area contributed by atoms with E-state index in [0.717, 1.165) is 24.3 Å². The first-order valence-corrected chi connectivity index (χ1v) is 8.39. The van der Waals surface area contributed by atoms with Crippen LogP contribution in [0.25, 0.3) is 0 Å². The van der Waals surface area contributed by atoms with Gasteiger partial charge in [-0.3, -0.25) is 9.88 Å². The number of allylic oxidation sites excluding steroid dienone is 2. The number of hydrogen-bond donors (Lipinski definition) is 0. The molecule has 0 aromatic carbocycles. The minimum atomic E-state index is 0.892. The quantitative estimate of drug-likeness (QED) is 0.791. The molecule has 0 N–H and O–H groups in total. The molecule has 3 atom stereocenters. The molecule has 1 aromatic heterocycles. The third kappa shape index (κ3) is 3.04. The Morgan fingerprint density at radius 2 is 1.90 bits per heavy atom. The third-order valence-electron chi connectivity index (χ3n) is 5.50. The van der Waals surface area contributed by atoms with Crippen LogP contribution in [0.15, 0.2) is 36.7 Å². The van der Waals surface area contributed by atoms with E-state index >= 15 is 0 Å². The molecule has 3 aliphatic rings. The van der Waals surface area contributed by atoms with Gasteiger partial charge in [-0.1, -0.05) is 18.2 Å². The summed E-state index contributed by atoms with van der Waals surface area (Å²) in [7, 11) is 0. The van der Waals surface area contributed by atoms with Crippen LogP contribution < -0.4 is 0 Å². The van der Waals surface area contributed by atoms with Crippen molar-refractivity contribution in [1.29, 1.82) is 0 Å². The van der Waals surface area contributed by atoms with Gasteiger partial charge >= 0.3 is 0 Å². The van der Waals surface area contributed by atoms with Crippen LogP contribution in [0.5, 0.6) is 0 Å². The lowest BCUT2D eigenvalue weighted by atomic mass is 9.93. The average Bonchev–Trinajstić information content (AvgIpc) is 3.13. The normalized spacial score (nSPS) is 32.9. The second-order valence-electron chi connectivity index (χ2n) is 6.98. The fraction of sp³-hybridized carbons (Fsp3) is 0.611. The van der Waals surface area contributed by atoms with E-state index in [1.54, 1.807) is 0 Å². The van der Waals surface area contributed by atoms with Gasteiger partial charge in [-0.15, -0.1) is 0 Å². The fourth-order valence-corrected chi connectivity index (χ4v) is 4.32. The van der Waals surface area contributed by atoms with Gasteiger partial charge in [0, 0.05) is 51.7 Å². The molecule has 1 saturated carbocycles. The van der Waals surface area contributed by atoms with Gasteiger partial charge in [0.1, 0.15) is 0 Å². The molecule has 0 amide bonds. The molecule has 1 aromatic rings. The van der Waals surface area contributed by atoms with E-state index in [9.17, 15) is 0 Å². The molecular weight excluding hydrogens is 258 g/mol. The van der Waals surface area contributed by atoms with Crippen molar-refractivity contribution >= 4 is 0 Å². The zero-order valence-corrected chi connectivity index (χ0v) is 12.7. The standard InChI is InChI=1S/C18H25N3/c1-2-16(12-19-5-1)13-20-6-8-21(9-7-20)14-18-11-15-3-4-17(18)10-15/h1-5,12,15,17-18H,6-11,13-14H2/t15-,17+,18-/m1/s1. The summed E-state index contributed by atoms with van der Waals surface area (Å²) in [4.78, 5) is 9.47. The van der Waals surface area contributed by atoms with E-state index in [-0.39, 0.29) is 0 Å². The molecule has 1 saturated heterocycles. The van der Waals surface area contributed by atoms with Crippen LogP contribution in [0, 0.1) is 17.8 Å². The molecule has 3 heteroatoms. The van der Waals surface area contributed by atoms with Crippen LogP contribution in [0.1, 0.15) is 18.4 Å². The summed E-state index contributed by atoms with van der Waals surface area (Å²) in [6.07, 6.45) is 11.7. The van der Waals surface area contributed by atoms with Crippen molar-refractivity contribution in [1.82, 2.24) is 14.8 Å². The second-order valence-corrected chi connectivity index (χ2v) is 6.98. The minimum Gasteiger partial charge on any atom is -0.300 e. The van der Waals surface area contributed by atoms with Gasteiger partial charge in [-0.05, 0) is 42.2 Å². The number of rotatable bonds is 4. The number of piperazine rings is 1. The summed E-state index contributed by atoms with van der Waals surface area (Å²) in [5, 5.41) is 0. The zero-order chi connectivity index (χ0) is 14.1. The van der Waals surface area contributed by atoms with E-state index in [4.69, 9.17) is 0 Å². The molecule has 112 valence electrons. The first-order valence-electron chi connectivity index (χ1n) is 8.39. The maximum Gasteiger partial charge on any atom is 0.0312 e. The van der Waals surface area contributed by atoms with Crippen molar-refractivity contribution in [3.05, 3.63) is 42.2 Å². The number of aromatic nitrogens is 1. The predicted molar refractivity (Wildman–Crippen MR) is 84.8 cm³/mol. The third-order valence-corrected chi connectivity index (χ3v) is 5.50. The topological polar surface area (TPSA) is 19.4 Å². The van der Waals surface area contributed by atoms with Gasteiger partial charge in [-0.2, -0.15) is 0 Å². The van der Waals surface area contributed by atoms with Crippen molar-refractivity contribution in [2.75, 3.05) is 32.7 Å². The number of hydrogen-bond acceptors (Lipinski definition) is 3. The van der Waals surface area contributed by atoms with Crippen molar-refractivity contribution in [3.8, 4) is 0 Å². The Balaban J connectivity index is 1.24. The molecular formula is C18H25N3. The number of nitrogens with zero attached hydrogens (tertiary/aromatic N) is 3. The molecule has 0 unspecified atom stereocenters. The summed E-state index contributed by atoms with van der Waals surface area (Å²) in [6, 6.07) is 4.22. The average molecular weight is 283 g/mol. The smallest absolute Gasteiger partial charge is 0.0312 e. The van der Waals surface area contributed by atoms with Crippen molar-refractivity contribution in [2.24, 2.45) is 17.8 Å². The maximum absolute atomic E-state index is 4.21. The zero-order valence-electron chi connectivity index (χ0n) is 12.7. The van der Waals surface area contributed by atoms with Gasteiger partial charge in [0.15, 0.2) is 0 Å². The summed E-state index contributed by atoms with van der Waals surface area (Å²) < 4.78 is 0. The van der Waals surface area contributed by atoms with Gasteiger partial charge in [0.25, 0.3) is 0 Å². The Kier molecular flexibility index (Phi) is 3.78. The molecule has 21 heavy (non-hydrogen) atoms. The number of pyridine rings is 1. The summed E-state index contributed by atoms with van der Waals surface area (Å²) in [5.74, 6) is 2.74. The molecule has 0 spiro atoms. The Morgan fingerprint density at radius 1 is 1.05 bits per heavy atom. The Bertz CT molecular complexity index is 490. The summed E-state index contributed by atoms with van der Waals surface area (Å²) in [5.41, 5.74) is 1.34. The van der Waals surface area contributed by atoms with Crippen LogP contribution in [0.3, 0.4) is 0 Å². The monoisotopic (exact) mass is 283 g/mol. The van der Waals surface area contributed by atoms with E-state index in [0.29, 0.717) is 0 Å². The highest BCUT2D eigenvalue weighted by molar-refractivity contribution is 5.11. The van der Waals surface area contributed by atoms with Crippen LogP contribution in [0.2, 0.25) is 0 Å². The first kappa shape index (κ1) is 13.5. The van der Waals surface area contributed by atoms with E-state index in [1.807, 2.05) is 18.5 Å². The maximum atomic E-state index is 4.21. The Morgan fingerprint density at radius 3 is 2.57 bits per heavy atom. The highest BCUT2D eigenvalue weighted by atomic mass is 15.3. The molecule has 4 rings (SSSR count). The molecule has 2 fully saturated rings. The highest BCUT2D eigenvalue weighted by Gasteiger charge is 2.36. The lowest BCUT2D eigenvalue weighted by molar-refractivity contribution is 0.108. The summed E-state index contributed by atoms with van der Waals surface area (Å²) in [6.45, 7) is 7.25. The van der Waals surface area contributed by atoms with Gasteiger partial charge in [-0.25, -0.2) is 0 Å². The van der Waals surface area contributed by atoms with Gasteiger partial charge in [0.2, 0.25) is 0 Å². The Hall–Kier alpha value is -1.19. The fourth-order valence-electron chi connectivity index (χ4n) is 4.32. The molecule has 2 aliphatic carbocycles. The van der Waals surface area contributed by atoms with Crippen molar-refractivity contribution in [2.45, 2.75) is 19.4 Å². The highest BCUT2D eigenvalue weighted by Crippen LogP contribution is 2.43. The summed E-state index contributed by atoms with van der Waals surface area (Å²) >= 11 is 0. The molecule has 2 bridgehead atoms.